The molecule has 1 rings (SSSR count). The van der Waals surface area contributed by atoms with Gasteiger partial charge in [0.25, 0.3) is 0 Å². The van der Waals surface area contributed by atoms with Gasteiger partial charge in [-0.1, -0.05) is 30.3 Å². The summed E-state index contributed by atoms with van der Waals surface area (Å²) in [4.78, 5) is 11.1. The molecule has 1 atom stereocenters. The Bertz CT molecular complexity index is 345. The molecule has 0 saturated heterocycles. The monoisotopic (exact) mass is 222 g/mol. The third-order valence-corrected chi connectivity index (χ3v) is 1.84. The largest absolute Gasteiger partial charge is 0.460 e. The molecule has 0 fully saturated rings. The Morgan fingerprint density at radius 1 is 1.38 bits per heavy atom. The molecule has 0 unspecified atom stereocenters. The average molecular weight is 222 g/mol. The number of hydrogen-bond acceptors (Lipinski definition) is 4. The van der Waals surface area contributed by atoms with Crippen LogP contribution in [-0.4, -0.2) is 35.5 Å². The Labute approximate surface area is 93.8 Å². The van der Waals surface area contributed by atoms with Crippen molar-refractivity contribution in [3.8, 4) is 0 Å². The number of esters is 1. The number of hydrogen-bond donors (Lipinski definition) is 2. The molecule has 1 aromatic rings. The topological polar surface area (TPSA) is 66.8 Å². The maximum absolute atomic E-state index is 11.1. The van der Waals surface area contributed by atoms with E-state index in [1.807, 2.05) is 30.3 Å². The first-order chi connectivity index (χ1) is 7.72. The quantitative estimate of drug-likeness (QED) is 0.565. The number of ether oxygens (including phenoxy) is 1. The van der Waals surface area contributed by atoms with Crippen LogP contribution in [0.25, 0.3) is 6.08 Å². The first kappa shape index (κ1) is 12.4. The van der Waals surface area contributed by atoms with E-state index in [0.717, 1.165) is 5.56 Å². The molecule has 0 amide bonds. The van der Waals surface area contributed by atoms with Crippen molar-refractivity contribution in [2.24, 2.45) is 0 Å². The number of aliphatic hydroxyl groups excluding tert-OH is 2. The summed E-state index contributed by atoms with van der Waals surface area (Å²) >= 11 is 0. The fraction of sp³-hybridized carbons (Fsp3) is 0.250. The second-order valence-electron chi connectivity index (χ2n) is 3.21. The summed E-state index contributed by atoms with van der Waals surface area (Å²) in [5.74, 6) is -0.545. The molecule has 86 valence electrons. The molecular weight excluding hydrogens is 208 g/mol. The second-order valence-corrected chi connectivity index (χ2v) is 3.21. The van der Waals surface area contributed by atoms with Crippen LogP contribution in [0.4, 0.5) is 0 Å². The van der Waals surface area contributed by atoms with Crippen LogP contribution in [0, 0.1) is 0 Å². The Hall–Kier alpha value is -1.65. The van der Waals surface area contributed by atoms with Gasteiger partial charge in [0.05, 0.1) is 6.61 Å². The summed E-state index contributed by atoms with van der Waals surface area (Å²) < 4.78 is 4.68. The van der Waals surface area contributed by atoms with Crippen molar-refractivity contribution in [3.05, 3.63) is 42.0 Å². The predicted octanol–water partition coefficient (Wildman–Crippen LogP) is 0.596. The van der Waals surface area contributed by atoms with Crippen molar-refractivity contribution >= 4 is 12.0 Å². The molecule has 0 aromatic heterocycles. The highest BCUT2D eigenvalue weighted by atomic mass is 16.5. The maximum Gasteiger partial charge on any atom is 0.330 e. The van der Waals surface area contributed by atoms with Gasteiger partial charge >= 0.3 is 5.97 Å². The normalized spacial score (nSPS) is 12.6. The Kier molecular flexibility index (Phi) is 5.25. The first-order valence-corrected chi connectivity index (χ1v) is 4.91. The van der Waals surface area contributed by atoms with E-state index in [2.05, 4.69) is 4.74 Å². The smallest absolute Gasteiger partial charge is 0.330 e. The molecule has 0 radical (unpaired) electrons. The van der Waals surface area contributed by atoms with Crippen molar-refractivity contribution in [2.75, 3.05) is 13.2 Å². The molecule has 0 aliphatic heterocycles. The van der Waals surface area contributed by atoms with Crippen LogP contribution in [0.2, 0.25) is 0 Å². The van der Waals surface area contributed by atoms with E-state index in [-0.39, 0.29) is 6.61 Å². The van der Waals surface area contributed by atoms with Crippen LogP contribution in [0.1, 0.15) is 5.56 Å². The van der Waals surface area contributed by atoms with Gasteiger partial charge in [-0.25, -0.2) is 4.79 Å². The lowest BCUT2D eigenvalue weighted by Gasteiger charge is -2.05. The Morgan fingerprint density at radius 2 is 2.06 bits per heavy atom. The van der Waals surface area contributed by atoms with Gasteiger partial charge in [-0.3, -0.25) is 0 Å². The van der Waals surface area contributed by atoms with E-state index in [1.165, 1.54) is 6.08 Å². The zero-order valence-corrected chi connectivity index (χ0v) is 8.74. The van der Waals surface area contributed by atoms with E-state index in [1.54, 1.807) is 6.08 Å². The van der Waals surface area contributed by atoms with Crippen molar-refractivity contribution in [3.63, 3.8) is 0 Å². The molecule has 0 aliphatic rings. The highest BCUT2D eigenvalue weighted by Gasteiger charge is 2.04. The molecule has 0 saturated carbocycles. The standard InChI is InChI=1S/C12H14O4/c13-8-11(14)9-16-12(15)7-6-10-4-2-1-3-5-10/h1-7,11,13-14H,8-9H2/t11-/m1/s1. The van der Waals surface area contributed by atoms with Crippen LogP contribution < -0.4 is 0 Å². The number of carbonyl (C=O) groups excluding carboxylic acids is 1. The van der Waals surface area contributed by atoms with Gasteiger partial charge in [0.1, 0.15) is 12.7 Å². The summed E-state index contributed by atoms with van der Waals surface area (Å²) in [7, 11) is 0. The lowest BCUT2D eigenvalue weighted by molar-refractivity contribution is -0.141. The molecule has 0 aliphatic carbocycles. The van der Waals surface area contributed by atoms with Crippen molar-refractivity contribution in [2.45, 2.75) is 6.10 Å². The molecule has 16 heavy (non-hydrogen) atoms. The summed E-state index contributed by atoms with van der Waals surface area (Å²) in [5, 5.41) is 17.4. The van der Waals surface area contributed by atoms with Crippen LogP contribution in [-0.2, 0) is 9.53 Å². The Balaban J connectivity index is 2.37. The average Bonchev–Trinajstić information content (AvgIpc) is 2.34. The molecule has 4 heteroatoms. The van der Waals surface area contributed by atoms with E-state index in [0.29, 0.717) is 0 Å². The summed E-state index contributed by atoms with van der Waals surface area (Å²) in [6, 6.07) is 9.31. The van der Waals surface area contributed by atoms with Gasteiger partial charge in [0.15, 0.2) is 0 Å². The molecular formula is C12H14O4. The zero-order chi connectivity index (χ0) is 11.8. The molecule has 0 bridgehead atoms. The Morgan fingerprint density at radius 3 is 2.69 bits per heavy atom. The van der Waals surface area contributed by atoms with Crippen molar-refractivity contribution in [1.82, 2.24) is 0 Å². The van der Waals surface area contributed by atoms with Gasteiger partial charge in [-0.15, -0.1) is 0 Å². The molecule has 0 spiro atoms. The fourth-order valence-electron chi connectivity index (χ4n) is 1.01. The van der Waals surface area contributed by atoms with Crippen LogP contribution in [0.5, 0.6) is 0 Å². The predicted molar refractivity (Wildman–Crippen MR) is 59.5 cm³/mol. The first-order valence-electron chi connectivity index (χ1n) is 4.91. The second kappa shape index (κ2) is 6.76. The van der Waals surface area contributed by atoms with Gasteiger partial charge in [-0.2, -0.15) is 0 Å². The van der Waals surface area contributed by atoms with E-state index >= 15 is 0 Å². The highest BCUT2D eigenvalue weighted by Crippen LogP contribution is 2.01. The fourth-order valence-corrected chi connectivity index (χ4v) is 1.01. The SMILES string of the molecule is O=C(C=Cc1ccccc1)OC[C@H](O)CO. The molecule has 4 nitrogen and oxygen atoms in total. The lowest BCUT2D eigenvalue weighted by Crippen LogP contribution is -2.21. The minimum Gasteiger partial charge on any atom is -0.460 e. The number of carbonyl (C=O) groups is 1. The van der Waals surface area contributed by atoms with Crippen LogP contribution in [0.3, 0.4) is 0 Å². The van der Waals surface area contributed by atoms with E-state index < -0.39 is 18.7 Å². The highest BCUT2D eigenvalue weighted by molar-refractivity contribution is 5.87. The zero-order valence-electron chi connectivity index (χ0n) is 8.74. The van der Waals surface area contributed by atoms with Crippen LogP contribution in [0.15, 0.2) is 36.4 Å². The third-order valence-electron chi connectivity index (χ3n) is 1.84. The van der Waals surface area contributed by atoms with Gasteiger partial charge in [-0.05, 0) is 11.6 Å². The van der Waals surface area contributed by atoms with Crippen LogP contribution >= 0.6 is 0 Å². The molecule has 0 heterocycles. The summed E-state index contributed by atoms with van der Waals surface area (Å²) in [6.45, 7) is -0.621. The molecule has 2 N–H and O–H groups in total. The lowest BCUT2D eigenvalue weighted by atomic mass is 10.2. The van der Waals surface area contributed by atoms with Crippen molar-refractivity contribution < 1.29 is 19.7 Å². The van der Waals surface area contributed by atoms with E-state index in [9.17, 15) is 4.79 Å². The molecule has 1 aromatic carbocycles. The maximum atomic E-state index is 11.1. The van der Waals surface area contributed by atoms with Gasteiger partial charge in [0.2, 0.25) is 0 Å². The van der Waals surface area contributed by atoms with Crippen molar-refractivity contribution in [1.29, 1.82) is 0 Å². The third kappa shape index (κ3) is 4.72. The summed E-state index contributed by atoms with van der Waals surface area (Å²) in [5.41, 5.74) is 0.891. The minimum absolute atomic E-state index is 0.200. The number of aliphatic hydroxyl groups is 2. The minimum atomic E-state index is -1.02. The number of rotatable bonds is 5. The van der Waals surface area contributed by atoms with Gasteiger partial charge in [0, 0.05) is 6.08 Å². The van der Waals surface area contributed by atoms with E-state index in [4.69, 9.17) is 10.2 Å². The summed E-state index contributed by atoms with van der Waals surface area (Å²) in [6.07, 6.45) is 1.88. The number of benzene rings is 1. The van der Waals surface area contributed by atoms with Gasteiger partial charge < -0.3 is 14.9 Å².